The number of hydrogen-bond donors (Lipinski definition) is 0. The van der Waals surface area contributed by atoms with Crippen LogP contribution in [0.2, 0.25) is 0 Å². The third kappa shape index (κ3) is 5.11. The number of amides is 1. The van der Waals surface area contributed by atoms with Crippen molar-refractivity contribution in [3.63, 3.8) is 0 Å². The molecule has 0 spiro atoms. The highest BCUT2D eigenvalue weighted by Gasteiger charge is 2.28. The third-order valence-electron chi connectivity index (χ3n) is 4.93. The van der Waals surface area contributed by atoms with Gasteiger partial charge in [-0.1, -0.05) is 18.1 Å². The van der Waals surface area contributed by atoms with Crippen LogP contribution in [0.3, 0.4) is 0 Å². The molecule has 27 heavy (non-hydrogen) atoms. The summed E-state index contributed by atoms with van der Waals surface area (Å²) in [5.74, 6) is 1.06. The normalized spacial score (nSPS) is 18.0. The van der Waals surface area contributed by atoms with Crippen molar-refractivity contribution < 1.29 is 14.1 Å². The molecule has 2 aromatic rings. The topological polar surface area (TPSA) is 84.6 Å². The maximum absolute atomic E-state index is 12.6. The molecule has 1 saturated heterocycles. The number of piperazine rings is 1. The van der Waals surface area contributed by atoms with Crippen LogP contribution in [-0.2, 0) is 16.0 Å². The second-order valence-corrected chi connectivity index (χ2v) is 6.66. The first-order chi connectivity index (χ1) is 13.2. The first kappa shape index (κ1) is 19.4. The molecule has 0 bridgehead atoms. The molecular weight excluding hydrogens is 346 g/mol. The van der Waals surface area contributed by atoms with Gasteiger partial charge in [0.15, 0.2) is 0 Å². The SMILES string of the molecule is CCC1CN(C(=O)CCc2nc(-c3ccccn3)no2)CCN1CCOC. The van der Waals surface area contributed by atoms with Gasteiger partial charge < -0.3 is 14.2 Å². The molecule has 8 heteroatoms. The van der Waals surface area contributed by atoms with Gasteiger partial charge >= 0.3 is 0 Å². The number of ether oxygens (including phenoxy) is 1. The standard InChI is InChI=1S/C19H27N5O3/c1-3-15-14-24(11-10-23(15)12-13-26-2)18(25)8-7-17-21-19(22-27-17)16-6-4-5-9-20-16/h4-6,9,15H,3,7-8,10-14H2,1-2H3. The summed E-state index contributed by atoms with van der Waals surface area (Å²) in [4.78, 5) is 25.5. The molecule has 146 valence electrons. The Labute approximate surface area is 159 Å². The van der Waals surface area contributed by atoms with Crippen molar-refractivity contribution in [3.05, 3.63) is 30.3 Å². The molecule has 2 aromatic heterocycles. The highest BCUT2D eigenvalue weighted by Crippen LogP contribution is 2.16. The van der Waals surface area contributed by atoms with E-state index in [1.54, 1.807) is 13.3 Å². The monoisotopic (exact) mass is 373 g/mol. The largest absolute Gasteiger partial charge is 0.383 e. The smallest absolute Gasteiger partial charge is 0.227 e. The van der Waals surface area contributed by atoms with E-state index >= 15 is 0 Å². The number of carbonyl (C=O) groups excluding carboxylic acids is 1. The minimum Gasteiger partial charge on any atom is -0.383 e. The van der Waals surface area contributed by atoms with Crippen LogP contribution in [-0.4, -0.2) is 76.8 Å². The highest BCUT2D eigenvalue weighted by molar-refractivity contribution is 5.76. The van der Waals surface area contributed by atoms with Crippen LogP contribution in [0.1, 0.15) is 25.7 Å². The average Bonchev–Trinajstić information content (AvgIpc) is 3.20. The lowest BCUT2D eigenvalue weighted by atomic mass is 10.1. The van der Waals surface area contributed by atoms with E-state index in [4.69, 9.17) is 9.26 Å². The molecule has 1 aliphatic rings. The molecule has 1 atom stereocenters. The van der Waals surface area contributed by atoms with Crippen LogP contribution < -0.4 is 0 Å². The van der Waals surface area contributed by atoms with Gasteiger partial charge in [-0.3, -0.25) is 14.7 Å². The van der Waals surface area contributed by atoms with Crippen molar-refractivity contribution >= 4 is 5.91 Å². The van der Waals surface area contributed by atoms with Gasteiger partial charge in [0.05, 0.1) is 6.61 Å². The van der Waals surface area contributed by atoms with Crippen LogP contribution in [0, 0.1) is 0 Å². The second-order valence-electron chi connectivity index (χ2n) is 6.66. The Morgan fingerprint density at radius 1 is 1.37 bits per heavy atom. The molecule has 1 aliphatic heterocycles. The van der Waals surface area contributed by atoms with Gasteiger partial charge in [-0.05, 0) is 18.6 Å². The fourth-order valence-corrected chi connectivity index (χ4v) is 3.34. The van der Waals surface area contributed by atoms with E-state index in [-0.39, 0.29) is 5.91 Å². The van der Waals surface area contributed by atoms with Gasteiger partial charge in [-0.25, -0.2) is 0 Å². The number of hydrogen-bond acceptors (Lipinski definition) is 7. The number of pyridine rings is 1. The summed E-state index contributed by atoms with van der Waals surface area (Å²) in [5.41, 5.74) is 0.664. The fourth-order valence-electron chi connectivity index (χ4n) is 3.34. The lowest BCUT2D eigenvalue weighted by Crippen LogP contribution is -2.55. The average molecular weight is 373 g/mol. The highest BCUT2D eigenvalue weighted by atomic mass is 16.5. The van der Waals surface area contributed by atoms with E-state index in [2.05, 4.69) is 26.9 Å². The van der Waals surface area contributed by atoms with Gasteiger partial charge in [0.25, 0.3) is 0 Å². The summed E-state index contributed by atoms with van der Waals surface area (Å²) in [5, 5.41) is 3.95. The zero-order valence-corrected chi connectivity index (χ0v) is 16.0. The minimum atomic E-state index is 0.137. The molecule has 0 aliphatic carbocycles. The van der Waals surface area contributed by atoms with Crippen LogP contribution in [0.5, 0.6) is 0 Å². The first-order valence-corrected chi connectivity index (χ1v) is 9.46. The Kier molecular flexibility index (Phi) is 6.89. The molecule has 0 saturated carbocycles. The lowest BCUT2D eigenvalue weighted by Gasteiger charge is -2.41. The molecule has 1 unspecified atom stereocenters. The van der Waals surface area contributed by atoms with E-state index in [0.29, 0.717) is 36.3 Å². The van der Waals surface area contributed by atoms with Crippen molar-refractivity contribution in [2.75, 3.05) is 39.9 Å². The molecular formula is C19H27N5O3. The van der Waals surface area contributed by atoms with Crippen molar-refractivity contribution in [1.29, 1.82) is 0 Å². The number of methoxy groups -OCH3 is 1. The van der Waals surface area contributed by atoms with Crippen molar-refractivity contribution in [2.45, 2.75) is 32.2 Å². The molecule has 3 heterocycles. The van der Waals surface area contributed by atoms with Crippen LogP contribution in [0.25, 0.3) is 11.5 Å². The summed E-state index contributed by atoms with van der Waals surface area (Å²) >= 11 is 0. The zero-order valence-electron chi connectivity index (χ0n) is 16.0. The Morgan fingerprint density at radius 3 is 3.00 bits per heavy atom. The van der Waals surface area contributed by atoms with Crippen molar-refractivity contribution in [3.8, 4) is 11.5 Å². The van der Waals surface area contributed by atoms with Crippen LogP contribution >= 0.6 is 0 Å². The van der Waals surface area contributed by atoms with E-state index in [9.17, 15) is 4.79 Å². The Balaban J connectivity index is 1.50. The predicted octanol–water partition coefficient (Wildman–Crippen LogP) is 1.63. The van der Waals surface area contributed by atoms with E-state index in [0.717, 1.165) is 39.2 Å². The second kappa shape index (κ2) is 9.57. The molecule has 1 fully saturated rings. The number of aromatic nitrogens is 3. The third-order valence-corrected chi connectivity index (χ3v) is 4.93. The Hall–Kier alpha value is -2.32. The number of rotatable bonds is 8. The summed E-state index contributed by atoms with van der Waals surface area (Å²) in [6.07, 6.45) is 3.52. The summed E-state index contributed by atoms with van der Waals surface area (Å²) < 4.78 is 10.4. The number of aryl methyl sites for hydroxylation is 1. The summed E-state index contributed by atoms with van der Waals surface area (Å²) in [6.45, 7) is 6.20. The Morgan fingerprint density at radius 2 is 2.26 bits per heavy atom. The van der Waals surface area contributed by atoms with Crippen molar-refractivity contribution in [1.82, 2.24) is 24.9 Å². The molecule has 1 amide bonds. The van der Waals surface area contributed by atoms with Crippen molar-refractivity contribution in [2.24, 2.45) is 0 Å². The Bertz CT molecular complexity index is 721. The minimum absolute atomic E-state index is 0.137. The zero-order chi connectivity index (χ0) is 19.1. The molecule has 8 nitrogen and oxygen atoms in total. The summed E-state index contributed by atoms with van der Waals surface area (Å²) in [6, 6.07) is 5.92. The van der Waals surface area contributed by atoms with Gasteiger partial charge in [0, 0.05) is 58.4 Å². The van der Waals surface area contributed by atoms with Gasteiger partial charge in [0.2, 0.25) is 17.6 Å². The predicted molar refractivity (Wildman–Crippen MR) is 100.0 cm³/mol. The quantitative estimate of drug-likeness (QED) is 0.695. The fraction of sp³-hybridized carbons (Fsp3) is 0.579. The van der Waals surface area contributed by atoms with Gasteiger partial charge in [-0.15, -0.1) is 0 Å². The number of carbonyl (C=O) groups is 1. The molecule has 0 N–H and O–H groups in total. The molecule has 3 rings (SSSR count). The molecule has 0 radical (unpaired) electrons. The van der Waals surface area contributed by atoms with Crippen LogP contribution in [0.4, 0.5) is 0 Å². The number of nitrogens with zero attached hydrogens (tertiary/aromatic N) is 5. The van der Waals surface area contributed by atoms with E-state index in [1.165, 1.54) is 0 Å². The maximum atomic E-state index is 12.6. The first-order valence-electron chi connectivity index (χ1n) is 9.46. The van der Waals surface area contributed by atoms with Gasteiger partial charge in [0.1, 0.15) is 5.69 Å². The summed E-state index contributed by atoms with van der Waals surface area (Å²) in [7, 11) is 1.72. The van der Waals surface area contributed by atoms with E-state index < -0.39 is 0 Å². The maximum Gasteiger partial charge on any atom is 0.227 e. The van der Waals surface area contributed by atoms with E-state index in [1.807, 2.05) is 23.1 Å². The lowest BCUT2D eigenvalue weighted by molar-refractivity contribution is -0.134. The van der Waals surface area contributed by atoms with Gasteiger partial charge in [-0.2, -0.15) is 4.98 Å². The van der Waals surface area contributed by atoms with Crippen LogP contribution in [0.15, 0.2) is 28.9 Å². The molecule has 0 aromatic carbocycles.